The molecule has 0 saturated carbocycles. The minimum atomic E-state index is -1.40. The Morgan fingerprint density at radius 2 is 1.73 bits per heavy atom. The predicted molar refractivity (Wildman–Crippen MR) is 70.7 cm³/mol. The van der Waals surface area contributed by atoms with Gasteiger partial charge in [0.2, 0.25) is 0 Å². The zero-order valence-corrected chi connectivity index (χ0v) is 12.0. The molecule has 0 amide bonds. The van der Waals surface area contributed by atoms with Crippen molar-refractivity contribution in [2.75, 3.05) is 13.2 Å². The standard InChI is InChI=1S/C12H29NOSi/c1-5-14-15(3,4)12(2)10-8-6-7-9-11-13/h12H,5-11,13H2,1-4H3. The van der Waals surface area contributed by atoms with Crippen LogP contribution in [0.3, 0.4) is 0 Å². The highest BCUT2D eigenvalue weighted by Crippen LogP contribution is 2.28. The molecule has 2 nitrogen and oxygen atoms in total. The van der Waals surface area contributed by atoms with E-state index in [1.807, 2.05) is 0 Å². The fourth-order valence-electron chi connectivity index (χ4n) is 1.81. The van der Waals surface area contributed by atoms with Crippen LogP contribution in [0.5, 0.6) is 0 Å². The van der Waals surface area contributed by atoms with Crippen molar-refractivity contribution in [1.29, 1.82) is 0 Å². The van der Waals surface area contributed by atoms with Crippen LogP contribution in [0.4, 0.5) is 0 Å². The summed E-state index contributed by atoms with van der Waals surface area (Å²) < 4.78 is 5.89. The van der Waals surface area contributed by atoms with Gasteiger partial charge in [0.1, 0.15) is 0 Å². The zero-order valence-electron chi connectivity index (χ0n) is 11.0. The molecule has 0 heterocycles. The van der Waals surface area contributed by atoms with Gasteiger partial charge in [-0.2, -0.15) is 0 Å². The van der Waals surface area contributed by atoms with E-state index in [1.165, 1.54) is 32.1 Å². The van der Waals surface area contributed by atoms with Gasteiger partial charge in [0.15, 0.2) is 8.32 Å². The Balaban J connectivity index is 3.58. The molecule has 0 aliphatic carbocycles. The van der Waals surface area contributed by atoms with Gasteiger partial charge < -0.3 is 10.2 Å². The van der Waals surface area contributed by atoms with Crippen molar-refractivity contribution >= 4 is 8.32 Å². The first-order chi connectivity index (χ1) is 7.04. The average Bonchev–Trinajstić information content (AvgIpc) is 2.17. The van der Waals surface area contributed by atoms with E-state index in [4.69, 9.17) is 10.2 Å². The first-order valence-electron chi connectivity index (χ1n) is 6.38. The molecular weight excluding hydrogens is 202 g/mol. The molecule has 2 N–H and O–H groups in total. The fourth-order valence-corrected chi connectivity index (χ4v) is 3.74. The van der Waals surface area contributed by atoms with E-state index in [1.54, 1.807) is 0 Å². The molecule has 0 aromatic heterocycles. The molecule has 0 saturated heterocycles. The SMILES string of the molecule is CCO[Si](C)(C)C(C)CCCCCCN. The first kappa shape index (κ1) is 15.1. The van der Waals surface area contributed by atoms with Crippen LogP contribution in [0.2, 0.25) is 18.6 Å². The maximum absolute atomic E-state index is 5.89. The Morgan fingerprint density at radius 1 is 1.13 bits per heavy atom. The Kier molecular flexibility index (Phi) is 8.38. The van der Waals surface area contributed by atoms with Gasteiger partial charge in [-0.25, -0.2) is 0 Å². The van der Waals surface area contributed by atoms with Gasteiger partial charge >= 0.3 is 0 Å². The summed E-state index contributed by atoms with van der Waals surface area (Å²) in [4.78, 5) is 0. The van der Waals surface area contributed by atoms with Crippen LogP contribution in [-0.4, -0.2) is 21.5 Å². The number of hydrogen-bond acceptors (Lipinski definition) is 2. The highest BCUT2D eigenvalue weighted by molar-refractivity contribution is 6.72. The Bertz CT molecular complexity index is 151. The van der Waals surface area contributed by atoms with Crippen molar-refractivity contribution in [2.45, 2.75) is 64.6 Å². The molecule has 0 bridgehead atoms. The second-order valence-electron chi connectivity index (χ2n) is 4.93. The third kappa shape index (κ3) is 7.09. The van der Waals surface area contributed by atoms with Crippen molar-refractivity contribution in [3.63, 3.8) is 0 Å². The van der Waals surface area contributed by atoms with Crippen LogP contribution >= 0.6 is 0 Å². The van der Waals surface area contributed by atoms with Crippen molar-refractivity contribution in [3.05, 3.63) is 0 Å². The number of hydrogen-bond donors (Lipinski definition) is 1. The minimum absolute atomic E-state index is 0.773. The molecule has 0 radical (unpaired) electrons. The molecule has 0 spiro atoms. The monoisotopic (exact) mass is 231 g/mol. The molecule has 92 valence electrons. The van der Waals surface area contributed by atoms with E-state index < -0.39 is 8.32 Å². The van der Waals surface area contributed by atoms with Crippen LogP contribution in [0, 0.1) is 0 Å². The molecule has 15 heavy (non-hydrogen) atoms. The molecule has 3 heteroatoms. The first-order valence-corrected chi connectivity index (χ1v) is 9.37. The van der Waals surface area contributed by atoms with Gasteiger partial charge in [-0.1, -0.05) is 32.6 Å². The molecule has 0 aliphatic rings. The normalized spacial score (nSPS) is 14.2. The highest BCUT2D eigenvalue weighted by atomic mass is 28.4. The zero-order chi connectivity index (χ0) is 11.7. The molecule has 0 aromatic carbocycles. The second-order valence-corrected chi connectivity index (χ2v) is 9.41. The summed E-state index contributed by atoms with van der Waals surface area (Å²) in [7, 11) is -1.40. The van der Waals surface area contributed by atoms with E-state index in [0.717, 1.165) is 18.7 Å². The Labute approximate surface area is 96.7 Å². The lowest BCUT2D eigenvalue weighted by atomic mass is 10.1. The van der Waals surface area contributed by atoms with E-state index in [-0.39, 0.29) is 0 Å². The Hall–Kier alpha value is 0.137. The van der Waals surface area contributed by atoms with E-state index >= 15 is 0 Å². The number of nitrogens with two attached hydrogens (primary N) is 1. The van der Waals surface area contributed by atoms with Crippen LogP contribution in [-0.2, 0) is 4.43 Å². The number of unbranched alkanes of at least 4 members (excludes halogenated alkanes) is 3. The van der Waals surface area contributed by atoms with Gasteiger partial charge in [-0.15, -0.1) is 0 Å². The van der Waals surface area contributed by atoms with Crippen LogP contribution < -0.4 is 5.73 Å². The second kappa shape index (κ2) is 8.31. The van der Waals surface area contributed by atoms with Crippen molar-refractivity contribution in [1.82, 2.24) is 0 Å². The Morgan fingerprint density at radius 3 is 2.27 bits per heavy atom. The van der Waals surface area contributed by atoms with Gasteiger partial charge in [0, 0.05) is 6.61 Å². The number of rotatable bonds is 9. The van der Waals surface area contributed by atoms with Gasteiger partial charge in [-0.05, 0) is 38.5 Å². The quantitative estimate of drug-likeness (QED) is 0.487. The summed E-state index contributed by atoms with van der Waals surface area (Å²) in [5.74, 6) is 0. The molecule has 0 aromatic rings. The molecule has 0 rings (SSSR count). The van der Waals surface area contributed by atoms with Crippen molar-refractivity contribution < 1.29 is 4.43 Å². The molecule has 1 unspecified atom stereocenters. The summed E-state index contributed by atoms with van der Waals surface area (Å²) in [5.41, 5.74) is 6.24. The lowest BCUT2D eigenvalue weighted by Crippen LogP contribution is -2.35. The summed E-state index contributed by atoms with van der Waals surface area (Å²) in [6, 6.07) is 0. The third-order valence-corrected chi connectivity index (χ3v) is 6.99. The van der Waals surface area contributed by atoms with E-state index in [2.05, 4.69) is 26.9 Å². The lowest BCUT2D eigenvalue weighted by molar-refractivity contribution is 0.318. The van der Waals surface area contributed by atoms with E-state index in [0.29, 0.717) is 0 Å². The smallest absolute Gasteiger partial charge is 0.189 e. The summed E-state index contributed by atoms with van der Waals surface area (Å²) in [5, 5.41) is 0. The maximum Gasteiger partial charge on any atom is 0.189 e. The van der Waals surface area contributed by atoms with Gasteiger partial charge in [0.25, 0.3) is 0 Å². The maximum atomic E-state index is 5.89. The minimum Gasteiger partial charge on any atom is -0.417 e. The fraction of sp³-hybridized carbons (Fsp3) is 1.00. The molecule has 0 fully saturated rings. The van der Waals surface area contributed by atoms with Crippen molar-refractivity contribution in [2.24, 2.45) is 5.73 Å². The van der Waals surface area contributed by atoms with Crippen LogP contribution in [0.1, 0.15) is 46.0 Å². The van der Waals surface area contributed by atoms with Crippen molar-refractivity contribution in [3.8, 4) is 0 Å². The molecule has 0 aliphatic heterocycles. The summed E-state index contributed by atoms with van der Waals surface area (Å²) >= 11 is 0. The summed E-state index contributed by atoms with van der Waals surface area (Å²) in [6.07, 6.45) is 6.47. The van der Waals surface area contributed by atoms with Crippen LogP contribution in [0.15, 0.2) is 0 Å². The topological polar surface area (TPSA) is 35.2 Å². The molecular formula is C12H29NOSi. The third-order valence-electron chi connectivity index (χ3n) is 3.29. The predicted octanol–water partition coefficient (Wildman–Crippen LogP) is 3.53. The highest BCUT2D eigenvalue weighted by Gasteiger charge is 2.28. The molecule has 1 atom stereocenters. The van der Waals surface area contributed by atoms with Gasteiger partial charge in [0.05, 0.1) is 0 Å². The lowest BCUT2D eigenvalue weighted by Gasteiger charge is -2.29. The largest absolute Gasteiger partial charge is 0.417 e. The summed E-state index contributed by atoms with van der Waals surface area (Å²) in [6.45, 7) is 10.8. The van der Waals surface area contributed by atoms with Gasteiger partial charge in [-0.3, -0.25) is 0 Å². The van der Waals surface area contributed by atoms with E-state index in [9.17, 15) is 0 Å². The average molecular weight is 231 g/mol. The van der Waals surface area contributed by atoms with Crippen LogP contribution in [0.25, 0.3) is 0 Å².